The van der Waals surface area contributed by atoms with E-state index in [9.17, 15) is 18.0 Å². The van der Waals surface area contributed by atoms with Gasteiger partial charge in [0.25, 0.3) is 5.91 Å². The van der Waals surface area contributed by atoms with Crippen LogP contribution in [0.15, 0.2) is 67.3 Å². The molecule has 0 saturated carbocycles. The first-order valence-electron chi connectivity index (χ1n) is 11.1. The van der Waals surface area contributed by atoms with E-state index in [1.807, 2.05) is 28.8 Å². The molecule has 184 valence electrons. The van der Waals surface area contributed by atoms with Crippen LogP contribution in [0, 0.1) is 0 Å². The molecule has 0 radical (unpaired) electrons. The first-order chi connectivity index (χ1) is 16.8. The summed E-state index contributed by atoms with van der Waals surface area (Å²) in [5.74, 6) is -0.593. The van der Waals surface area contributed by atoms with Crippen molar-refractivity contribution in [3.63, 3.8) is 0 Å². The van der Waals surface area contributed by atoms with Gasteiger partial charge in [0.1, 0.15) is 6.54 Å². The fraction of sp³-hybridized carbons (Fsp3) is 0.292. The first-order valence-corrected chi connectivity index (χ1v) is 13.0. The molecule has 35 heavy (non-hydrogen) atoms. The number of carbonyl (C=O) groups is 2. The summed E-state index contributed by atoms with van der Waals surface area (Å²) in [5, 5.41) is 2.79. The van der Waals surface area contributed by atoms with Crippen molar-refractivity contribution in [3.05, 3.63) is 78.4 Å². The molecule has 1 aliphatic heterocycles. The summed E-state index contributed by atoms with van der Waals surface area (Å²) >= 11 is 0. The van der Waals surface area contributed by atoms with Crippen LogP contribution in [0.2, 0.25) is 0 Å². The zero-order chi connectivity index (χ0) is 24.8. The number of anilines is 1. The van der Waals surface area contributed by atoms with Crippen LogP contribution < -0.4 is 9.62 Å². The van der Waals surface area contributed by atoms with Crippen LogP contribution in [0.25, 0.3) is 5.69 Å². The minimum absolute atomic E-state index is 0.139. The summed E-state index contributed by atoms with van der Waals surface area (Å²) in [7, 11) is -3.74. The van der Waals surface area contributed by atoms with Crippen molar-refractivity contribution in [1.82, 2.24) is 19.8 Å². The molecule has 2 aromatic carbocycles. The van der Waals surface area contributed by atoms with Gasteiger partial charge in [-0.3, -0.25) is 13.9 Å². The molecular weight excluding hydrogens is 470 g/mol. The Morgan fingerprint density at radius 3 is 2.46 bits per heavy atom. The van der Waals surface area contributed by atoms with Gasteiger partial charge in [0.05, 0.1) is 37.2 Å². The Balaban J connectivity index is 1.43. The van der Waals surface area contributed by atoms with Crippen LogP contribution in [-0.4, -0.2) is 73.8 Å². The third-order valence-corrected chi connectivity index (χ3v) is 6.78. The lowest BCUT2D eigenvalue weighted by molar-refractivity contribution is -0.119. The molecule has 2 heterocycles. The fourth-order valence-electron chi connectivity index (χ4n) is 3.81. The number of hydrogen-bond donors (Lipinski definition) is 1. The number of sulfonamides is 1. The Morgan fingerprint density at radius 1 is 1.09 bits per heavy atom. The van der Waals surface area contributed by atoms with Crippen LogP contribution in [0.1, 0.15) is 15.9 Å². The first kappa shape index (κ1) is 24.4. The SMILES string of the molecule is CS(=O)(=O)N(CC(=O)NCc1ccccc1-n1ccnc1)c1ccc(C(=O)N2CCOCC2)cc1. The smallest absolute Gasteiger partial charge is 0.254 e. The van der Waals surface area contributed by atoms with Gasteiger partial charge in [0.15, 0.2) is 0 Å². The molecule has 4 rings (SSSR count). The zero-order valence-corrected chi connectivity index (χ0v) is 20.1. The molecule has 2 amide bonds. The number of aromatic nitrogens is 2. The second kappa shape index (κ2) is 10.7. The van der Waals surface area contributed by atoms with Gasteiger partial charge >= 0.3 is 0 Å². The van der Waals surface area contributed by atoms with Gasteiger partial charge < -0.3 is 19.5 Å². The third-order valence-electron chi connectivity index (χ3n) is 5.64. The fourth-order valence-corrected chi connectivity index (χ4v) is 4.67. The molecule has 0 bridgehead atoms. The average molecular weight is 498 g/mol. The van der Waals surface area contributed by atoms with Gasteiger partial charge in [0.2, 0.25) is 15.9 Å². The monoisotopic (exact) mass is 497 g/mol. The van der Waals surface area contributed by atoms with E-state index in [2.05, 4.69) is 10.3 Å². The number of ether oxygens (including phenoxy) is 1. The predicted octanol–water partition coefficient (Wildman–Crippen LogP) is 1.43. The second-order valence-corrected chi connectivity index (χ2v) is 10.0. The average Bonchev–Trinajstić information content (AvgIpc) is 3.41. The lowest BCUT2D eigenvalue weighted by Crippen LogP contribution is -2.41. The number of morpholine rings is 1. The lowest BCUT2D eigenvalue weighted by Gasteiger charge is -2.27. The molecule has 10 nitrogen and oxygen atoms in total. The maximum atomic E-state index is 12.7. The Hall–Kier alpha value is -3.70. The molecule has 0 atom stereocenters. The van der Waals surface area contributed by atoms with Crippen molar-refractivity contribution in [2.45, 2.75) is 6.54 Å². The third kappa shape index (κ3) is 6.06. The van der Waals surface area contributed by atoms with Crippen LogP contribution in [0.4, 0.5) is 5.69 Å². The highest BCUT2D eigenvalue weighted by Gasteiger charge is 2.23. The molecule has 1 aliphatic rings. The number of nitrogens with zero attached hydrogens (tertiary/aromatic N) is 4. The summed E-state index contributed by atoms with van der Waals surface area (Å²) in [5.41, 5.74) is 2.48. The van der Waals surface area contributed by atoms with Crippen molar-refractivity contribution in [2.24, 2.45) is 0 Å². The summed E-state index contributed by atoms with van der Waals surface area (Å²) in [4.78, 5) is 31.1. The van der Waals surface area contributed by atoms with Gasteiger partial charge in [-0.2, -0.15) is 0 Å². The number of hydrogen-bond acceptors (Lipinski definition) is 6. The Kier molecular flexibility index (Phi) is 7.47. The second-order valence-electron chi connectivity index (χ2n) is 8.10. The molecular formula is C24H27N5O5S. The van der Waals surface area contributed by atoms with E-state index in [-0.39, 0.29) is 19.0 Å². The van der Waals surface area contributed by atoms with E-state index in [4.69, 9.17) is 4.74 Å². The van der Waals surface area contributed by atoms with Crippen LogP contribution in [0.3, 0.4) is 0 Å². The Morgan fingerprint density at radius 2 is 1.80 bits per heavy atom. The van der Waals surface area contributed by atoms with E-state index < -0.39 is 15.9 Å². The minimum atomic E-state index is -3.74. The number of nitrogens with one attached hydrogen (secondary N) is 1. The normalized spacial score (nSPS) is 13.9. The molecule has 0 unspecified atom stereocenters. The molecule has 0 aliphatic carbocycles. The van der Waals surface area contributed by atoms with Crippen molar-refractivity contribution in [1.29, 1.82) is 0 Å². The number of carbonyl (C=O) groups excluding carboxylic acids is 2. The van der Waals surface area contributed by atoms with Gasteiger partial charge in [-0.15, -0.1) is 0 Å². The van der Waals surface area contributed by atoms with Crippen molar-refractivity contribution in [3.8, 4) is 5.69 Å². The number of amides is 2. The molecule has 1 saturated heterocycles. The largest absolute Gasteiger partial charge is 0.378 e. The molecule has 3 aromatic rings. The van der Waals surface area contributed by atoms with Crippen LogP contribution in [0.5, 0.6) is 0 Å². The van der Waals surface area contributed by atoms with Gasteiger partial charge in [0, 0.05) is 37.6 Å². The maximum absolute atomic E-state index is 12.7. The van der Waals surface area contributed by atoms with E-state index in [1.165, 1.54) is 12.1 Å². The highest BCUT2D eigenvalue weighted by molar-refractivity contribution is 7.92. The number of rotatable bonds is 8. The summed E-state index contributed by atoms with van der Waals surface area (Å²) in [6.45, 7) is 1.85. The van der Waals surface area contributed by atoms with E-state index in [0.29, 0.717) is 37.6 Å². The van der Waals surface area contributed by atoms with Crippen LogP contribution in [-0.2, 0) is 26.1 Å². The molecule has 11 heteroatoms. The highest BCUT2D eigenvalue weighted by atomic mass is 32.2. The summed E-state index contributed by atoms with van der Waals surface area (Å²) in [6, 6.07) is 13.8. The maximum Gasteiger partial charge on any atom is 0.254 e. The molecule has 0 spiro atoms. The summed E-state index contributed by atoms with van der Waals surface area (Å²) < 4.78 is 33.1. The topological polar surface area (TPSA) is 114 Å². The highest BCUT2D eigenvalue weighted by Crippen LogP contribution is 2.20. The van der Waals surface area contributed by atoms with Crippen molar-refractivity contribution < 1.29 is 22.7 Å². The van der Waals surface area contributed by atoms with E-state index in [0.717, 1.165) is 21.8 Å². The Bertz CT molecular complexity index is 1270. The lowest BCUT2D eigenvalue weighted by atomic mass is 10.1. The minimum Gasteiger partial charge on any atom is -0.378 e. The van der Waals surface area contributed by atoms with Crippen molar-refractivity contribution >= 4 is 27.5 Å². The standard InChI is InChI=1S/C24H27N5O5S/c1-35(32,33)29(21-8-6-19(7-9-21)24(31)27-12-14-34-15-13-27)17-23(30)26-16-20-4-2-3-5-22(20)28-11-10-25-18-28/h2-11,18H,12-17H2,1H3,(H,26,30). The molecule has 1 aromatic heterocycles. The quantitative estimate of drug-likeness (QED) is 0.504. The predicted molar refractivity (Wildman–Crippen MR) is 131 cm³/mol. The van der Waals surface area contributed by atoms with Gasteiger partial charge in [-0.05, 0) is 35.9 Å². The number of imidazole rings is 1. The Labute approximate surface area is 204 Å². The van der Waals surface area contributed by atoms with Gasteiger partial charge in [-0.25, -0.2) is 13.4 Å². The van der Waals surface area contributed by atoms with Gasteiger partial charge in [-0.1, -0.05) is 18.2 Å². The number of para-hydroxylation sites is 1. The zero-order valence-electron chi connectivity index (χ0n) is 19.3. The van der Waals surface area contributed by atoms with E-state index >= 15 is 0 Å². The number of benzene rings is 2. The molecule has 1 N–H and O–H groups in total. The van der Waals surface area contributed by atoms with Crippen LogP contribution >= 0.6 is 0 Å². The van der Waals surface area contributed by atoms with E-state index in [1.54, 1.807) is 35.8 Å². The molecule has 1 fully saturated rings. The van der Waals surface area contributed by atoms with Crippen molar-refractivity contribution in [2.75, 3.05) is 43.4 Å². The summed E-state index contributed by atoms with van der Waals surface area (Å²) in [6.07, 6.45) is 6.18.